The van der Waals surface area contributed by atoms with Gasteiger partial charge in [-0.3, -0.25) is 4.79 Å². The minimum Gasteiger partial charge on any atom is -0.480 e. The van der Waals surface area contributed by atoms with Crippen LogP contribution < -0.4 is 5.32 Å². The van der Waals surface area contributed by atoms with Crippen molar-refractivity contribution in [3.8, 4) is 0 Å². The van der Waals surface area contributed by atoms with Crippen LogP contribution in [0.25, 0.3) is 0 Å². The van der Waals surface area contributed by atoms with Crippen LogP contribution in [0.5, 0.6) is 0 Å². The molecule has 0 radical (unpaired) electrons. The lowest BCUT2D eigenvalue weighted by Crippen LogP contribution is -2.44. The summed E-state index contributed by atoms with van der Waals surface area (Å²) in [4.78, 5) is 28.3. The number of nitrogens with one attached hydrogen (secondary N) is 1. The first-order valence-corrected chi connectivity index (χ1v) is 8.34. The summed E-state index contributed by atoms with van der Waals surface area (Å²) in [6.45, 7) is 5.18. The van der Waals surface area contributed by atoms with Crippen LogP contribution in [0.4, 0.5) is 4.39 Å². The predicted molar refractivity (Wildman–Crippen MR) is 89.8 cm³/mol. The lowest BCUT2D eigenvalue weighted by atomic mass is 10.0. The van der Waals surface area contributed by atoms with E-state index in [0.717, 1.165) is 10.6 Å². The molecule has 128 valence electrons. The van der Waals surface area contributed by atoms with E-state index in [9.17, 15) is 19.1 Å². The third-order valence-corrected chi connectivity index (χ3v) is 4.69. The second kappa shape index (κ2) is 7.53. The first-order valence-electron chi connectivity index (χ1n) is 7.52. The highest BCUT2D eigenvalue weighted by molar-refractivity contribution is 7.13. The minimum atomic E-state index is -1.06. The number of aromatic nitrogens is 1. The molecule has 1 amide bonds. The lowest BCUT2D eigenvalue weighted by Gasteiger charge is -2.17. The number of hydrogen-bond donors (Lipinski definition) is 2. The maximum atomic E-state index is 12.9. The number of rotatable bonds is 6. The van der Waals surface area contributed by atoms with E-state index in [1.54, 1.807) is 32.9 Å². The first kappa shape index (κ1) is 18.1. The number of thiazole rings is 1. The largest absolute Gasteiger partial charge is 0.480 e. The SMILES string of the molecule is Cc1nc(Cc2ccc(F)cc2)sc1C(=O)NC(C(=O)O)C(C)C. The van der Waals surface area contributed by atoms with Crippen LogP contribution in [0.2, 0.25) is 0 Å². The molecule has 0 aliphatic rings. The van der Waals surface area contributed by atoms with Crippen LogP contribution in [0, 0.1) is 18.7 Å². The van der Waals surface area contributed by atoms with Crippen LogP contribution in [0.1, 0.15) is 39.8 Å². The molecular weight excluding hydrogens is 331 g/mol. The lowest BCUT2D eigenvalue weighted by molar-refractivity contribution is -0.140. The molecule has 2 N–H and O–H groups in total. The summed E-state index contributed by atoms with van der Waals surface area (Å²) in [6, 6.07) is 5.16. The number of benzene rings is 1. The highest BCUT2D eigenvalue weighted by atomic mass is 32.1. The number of carboxylic acid groups (broad SMARTS) is 1. The maximum Gasteiger partial charge on any atom is 0.326 e. The fraction of sp³-hybridized carbons (Fsp3) is 0.353. The molecule has 2 aromatic rings. The number of halogens is 1. The molecule has 1 unspecified atom stereocenters. The fourth-order valence-electron chi connectivity index (χ4n) is 2.24. The Morgan fingerprint density at radius 1 is 1.29 bits per heavy atom. The van der Waals surface area contributed by atoms with Gasteiger partial charge in [-0.25, -0.2) is 14.2 Å². The fourth-order valence-corrected chi connectivity index (χ4v) is 3.24. The van der Waals surface area contributed by atoms with Gasteiger partial charge in [0.1, 0.15) is 16.7 Å². The molecule has 0 bridgehead atoms. The highest BCUT2D eigenvalue weighted by Gasteiger charge is 2.26. The molecule has 1 aromatic heterocycles. The molecule has 0 saturated carbocycles. The Hall–Kier alpha value is -2.28. The summed E-state index contributed by atoms with van der Waals surface area (Å²) in [5, 5.41) is 12.4. The van der Waals surface area contributed by atoms with Crippen molar-refractivity contribution < 1.29 is 19.1 Å². The van der Waals surface area contributed by atoms with Crippen LogP contribution >= 0.6 is 11.3 Å². The molecule has 2 rings (SSSR count). The molecule has 0 fully saturated rings. The zero-order valence-corrected chi connectivity index (χ0v) is 14.5. The zero-order valence-electron chi connectivity index (χ0n) is 13.7. The van der Waals surface area contributed by atoms with E-state index in [-0.39, 0.29) is 11.7 Å². The van der Waals surface area contributed by atoms with Crippen molar-refractivity contribution in [2.45, 2.75) is 33.2 Å². The molecule has 0 spiro atoms. The van der Waals surface area contributed by atoms with Gasteiger partial charge in [-0.05, 0) is 30.5 Å². The Balaban J connectivity index is 2.14. The van der Waals surface area contributed by atoms with Crippen molar-refractivity contribution in [1.29, 1.82) is 0 Å². The Labute approximate surface area is 143 Å². The average molecular weight is 350 g/mol. The van der Waals surface area contributed by atoms with Crippen molar-refractivity contribution in [2.75, 3.05) is 0 Å². The van der Waals surface area contributed by atoms with Crippen molar-refractivity contribution >= 4 is 23.2 Å². The van der Waals surface area contributed by atoms with Gasteiger partial charge in [-0.1, -0.05) is 26.0 Å². The number of amides is 1. The number of carbonyl (C=O) groups excluding carboxylic acids is 1. The summed E-state index contributed by atoms with van der Waals surface area (Å²) in [7, 11) is 0. The Bertz CT molecular complexity index is 741. The Morgan fingerprint density at radius 2 is 1.92 bits per heavy atom. The molecule has 5 nitrogen and oxygen atoms in total. The van der Waals surface area contributed by atoms with E-state index in [2.05, 4.69) is 10.3 Å². The van der Waals surface area contributed by atoms with Crippen molar-refractivity contribution in [1.82, 2.24) is 10.3 Å². The van der Waals surface area contributed by atoms with Crippen molar-refractivity contribution in [3.05, 3.63) is 51.2 Å². The Kier molecular flexibility index (Phi) is 5.66. The van der Waals surface area contributed by atoms with Gasteiger partial charge >= 0.3 is 5.97 Å². The van der Waals surface area contributed by atoms with Gasteiger partial charge in [0.25, 0.3) is 5.91 Å². The number of carbonyl (C=O) groups is 2. The summed E-state index contributed by atoms with van der Waals surface area (Å²) in [5.74, 6) is -2.02. The van der Waals surface area contributed by atoms with Crippen LogP contribution in [-0.4, -0.2) is 28.0 Å². The molecular formula is C17H19FN2O3S. The molecule has 1 heterocycles. The number of aliphatic carboxylic acids is 1. The summed E-state index contributed by atoms with van der Waals surface area (Å²) in [6.07, 6.45) is 0.492. The van der Waals surface area contributed by atoms with Crippen molar-refractivity contribution in [2.24, 2.45) is 5.92 Å². The highest BCUT2D eigenvalue weighted by Crippen LogP contribution is 2.21. The number of carboxylic acids is 1. The molecule has 7 heteroatoms. The van der Waals surface area contributed by atoms with Gasteiger partial charge in [-0.15, -0.1) is 11.3 Å². The number of hydrogen-bond acceptors (Lipinski definition) is 4. The van der Waals surface area contributed by atoms with Gasteiger partial charge < -0.3 is 10.4 Å². The number of nitrogens with zero attached hydrogens (tertiary/aromatic N) is 1. The molecule has 1 atom stereocenters. The molecule has 0 aliphatic heterocycles. The maximum absolute atomic E-state index is 12.9. The third kappa shape index (κ3) is 4.38. The van der Waals surface area contributed by atoms with E-state index in [1.165, 1.54) is 23.5 Å². The second-order valence-electron chi connectivity index (χ2n) is 5.86. The molecule has 1 aromatic carbocycles. The smallest absolute Gasteiger partial charge is 0.326 e. The topological polar surface area (TPSA) is 79.3 Å². The standard InChI is InChI=1S/C17H19FN2O3S/c1-9(2)14(17(22)23)20-16(21)15-10(3)19-13(24-15)8-11-4-6-12(18)7-5-11/h4-7,9,14H,8H2,1-3H3,(H,20,21)(H,22,23). The third-order valence-electron chi connectivity index (χ3n) is 3.54. The first-order chi connectivity index (χ1) is 11.3. The Morgan fingerprint density at radius 3 is 2.46 bits per heavy atom. The predicted octanol–water partition coefficient (Wildman–Crippen LogP) is 3.02. The second-order valence-corrected chi connectivity index (χ2v) is 6.94. The molecule has 24 heavy (non-hydrogen) atoms. The van der Waals surface area contributed by atoms with Gasteiger partial charge in [0.2, 0.25) is 0 Å². The van der Waals surface area contributed by atoms with Gasteiger partial charge in [-0.2, -0.15) is 0 Å². The van der Waals surface area contributed by atoms with Crippen molar-refractivity contribution in [3.63, 3.8) is 0 Å². The average Bonchev–Trinajstić information content (AvgIpc) is 2.87. The van der Waals surface area contributed by atoms with E-state index in [0.29, 0.717) is 17.0 Å². The zero-order chi connectivity index (χ0) is 17.9. The summed E-state index contributed by atoms with van der Waals surface area (Å²) >= 11 is 1.22. The summed E-state index contributed by atoms with van der Waals surface area (Å²) < 4.78 is 12.9. The van der Waals surface area contributed by atoms with Gasteiger partial charge in [0, 0.05) is 6.42 Å². The van der Waals surface area contributed by atoms with Gasteiger partial charge in [0.15, 0.2) is 0 Å². The van der Waals surface area contributed by atoms with Crippen LogP contribution in [0.3, 0.4) is 0 Å². The monoisotopic (exact) mass is 350 g/mol. The minimum absolute atomic E-state index is 0.224. The van der Waals surface area contributed by atoms with E-state index < -0.39 is 17.9 Å². The molecule has 0 aliphatic carbocycles. The quantitative estimate of drug-likeness (QED) is 0.839. The molecule has 0 saturated heterocycles. The summed E-state index contributed by atoms with van der Waals surface area (Å²) in [5.41, 5.74) is 1.45. The normalized spacial score (nSPS) is 12.2. The number of aryl methyl sites for hydroxylation is 1. The van der Waals surface area contributed by atoms with Crippen LogP contribution in [-0.2, 0) is 11.2 Å². The van der Waals surface area contributed by atoms with Gasteiger partial charge in [0.05, 0.1) is 10.7 Å². The van der Waals surface area contributed by atoms with Crippen LogP contribution in [0.15, 0.2) is 24.3 Å². The van der Waals surface area contributed by atoms with E-state index >= 15 is 0 Å². The van der Waals surface area contributed by atoms with E-state index in [1.807, 2.05) is 0 Å². The van der Waals surface area contributed by atoms with E-state index in [4.69, 9.17) is 0 Å².